The van der Waals surface area contributed by atoms with E-state index in [0.717, 1.165) is 38.9 Å². The molecular weight excluding hydrogens is 250 g/mol. The molecule has 2 aliphatic rings. The molecule has 0 spiro atoms. The van der Waals surface area contributed by atoms with Crippen molar-refractivity contribution < 1.29 is 4.79 Å². The molecule has 2 fully saturated rings. The highest BCUT2D eigenvalue weighted by Gasteiger charge is 2.33. The lowest BCUT2D eigenvalue weighted by Gasteiger charge is -2.41. The highest BCUT2D eigenvalue weighted by atomic mass is 16.2. The Morgan fingerprint density at radius 1 is 1.35 bits per heavy atom. The van der Waals surface area contributed by atoms with Crippen LogP contribution in [0.2, 0.25) is 0 Å². The molecule has 1 aliphatic carbocycles. The largest absolute Gasteiger partial charge is 0.340 e. The standard InChI is InChI=1S/C16H31N3O/c1-4-15-11-19(9-8-18(15)3)16(20)12(2)13-6-5-7-14(17)10-13/h12-15H,4-11,17H2,1-3H3. The van der Waals surface area contributed by atoms with Crippen LogP contribution in [0, 0.1) is 11.8 Å². The van der Waals surface area contributed by atoms with E-state index in [-0.39, 0.29) is 5.92 Å². The zero-order chi connectivity index (χ0) is 14.7. The van der Waals surface area contributed by atoms with Crippen molar-refractivity contribution in [2.45, 2.75) is 58.0 Å². The molecule has 116 valence electrons. The van der Waals surface area contributed by atoms with E-state index in [0.29, 0.717) is 23.9 Å². The third-order valence-electron chi connectivity index (χ3n) is 5.41. The van der Waals surface area contributed by atoms with Gasteiger partial charge in [-0.3, -0.25) is 9.69 Å². The van der Waals surface area contributed by atoms with Gasteiger partial charge in [0, 0.05) is 37.6 Å². The highest BCUT2D eigenvalue weighted by Crippen LogP contribution is 2.31. The molecule has 4 heteroatoms. The third kappa shape index (κ3) is 3.53. The summed E-state index contributed by atoms with van der Waals surface area (Å²) in [6.45, 7) is 7.11. The van der Waals surface area contributed by atoms with Crippen LogP contribution in [-0.2, 0) is 4.79 Å². The fourth-order valence-corrected chi connectivity index (χ4v) is 3.80. The Labute approximate surface area is 123 Å². The summed E-state index contributed by atoms with van der Waals surface area (Å²) in [4.78, 5) is 17.2. The first-order chi connectivity index (χ1) is 9.52. The van der Waals surface area contributed by atoms with Crippen molar-refractivity contribution in [1.29, 1.82) is 0 Å². The van der Waals surface area contributed by atoms with Crippen molar-refractivity contribution in [3.63, 3.8) is 0 Å². The Kier molecular flexibility index (Phi) is 5.44. The van der Waals surface area contributed by atoms with Crippen LogP contribution in [-0.4, -0.2) is 54.5 Å². The van der Waals surface area contributed by atoms with E-state index in [2.05, 4.69) is 30.7 Å². The van der Waals surface area contributed by atoms with Crippen LogP contribution in [0.5, 0.6) is 0 Å². The lowest BCUT2D eigenvalue weighted by molar-refractivity contribution is -0.140. The van der Waals surface area contributed by atoms with Gasteiger partial charge in [-0.1, -0.05) is 20.3 Å². The summed E-state index contributed by atoms with van der Waals surface area (Å²) in [5.74, 6) is 0.990. The topological polar surface area (TPSA) is 49.6 Å². The van der Waals surface area contributed by atoms with Crippen LogP contribution in [0.3, 0.4) is 0 Å². The molecule has 4 atom stereocenters. The lowest BCUT2D eigenvalue weighted by atomic mass is 9.78. The van der Waals surface area contributed by atoms with Crippen LogP contribution < -0.4 is 5.73 Å². The summed E-state index contributed by atoms with van der Waals surface area (Å²) in [6.07, 6.45) is 5.62. The molecule has 1 amide bonds. The first-order valence-corrected chi connectivity index (χ1v) is 8.27. The van der Waals surface area contributed by atoms with Gasteiger partial charge in [-0.05, 0) is 38.6 Å². The summed E-state index contributed by atoms with van der Waals surface area (Å²) in [5.41, 5.74) is 6.07. The summed E-state index contributed by atoms with van der Waals surface area (Å²) >= 11 is 0. The van der Waals surface area contributed by atoms with Gasteiger partial charge in [0.2, 0.25) is 5.91 Å². The van der Waals surface area contributed by atoms with Crippen LogP contribution in [0.1, 0.15) is 46.0 Å². The Bertz CT molecular complexity index is 330. The van der Waals surface area contributed by atoms with Crippen molar-refractivity contribution in [2.24, 2.45) is 17.6 Å². The summed E-state index contributed by atoms with van der Waals surface area (Å²) in [6, 6.07) is 0.827. The van der Waals surface area contributed by atoms with Gasteiger partial charge in [0.05, 0.1) is 0 Å². The molecule has 0 aromatic heterocycles. The van der Waals surface area contributed by atoms with Crippen molar-refractivity contribution in [3.8, 4) is 0 Å². The van der Waals surface area contributed by atoms with E-state index >= 15 is 0 Å². The molecule has 0 radical (unpaired) electrons. The van der Waals surface area contributed by atoms with Gasteiger partial charge >= 0.3 is 0 Å². The average Bonchev–Trinajstić information content (AvgIpc) is 2.46. The van der Waals surface area contributed by atoms with E-state index in [1.165, 1.54) is 12.8 Å². The Hall–Kier alpha value is -0.610. The minimum Gasteiger partial charge on any atom is -0.340 e. The maximum absolute atomic E-state index is 12.7. The maximum atomic E-state index is 12.7. The number of hydrogen-bond donors (Lipinski definition) is 1. The maximum Gasteiger partial charge on any atom is 0.225 e. The fourth-order valence-electron chi connectivity index (χ4n) is 3.80. The molecule has 2 N–H and O–H groups in total. The zero-order valence-electron chi connectivity index (χ0n) is 13.3. The van der Waals surface area contributed by atoms with E-state index in [4.69, 9.17) is 5.73 Å². The average molecular weight is 281 g/mol. The van der Waals surface area contributed by atoms with Crippen molar-refractivity contribution in [1.82, 2.24) is 9.80 Å². The van der Waals surface area contributed by atoms with Crippen molar-refractivity contribution >= 4 is 5.91 Å². The van der Waals surface area contributed by atoms with Gasteiger partial charge in [-0.2, -0.15) is 0 Å². The zero-order valence-corrected chi connectivity index (χ0v) is 13.3. The molecule has 4 unspecified atom stereocenters. The molecule has 20 heavy (non-hydrogen) atoms. The van der Waals surface area contributed by atoms with Crippen LogP contribution in [0.25, 0.3) is 0 Å². The minimum atomic E-state index is 0.141. The number of piperazine rings is 1. The van der Waals surface area contributed by atoms with Crippen LogP contribution in [0.15, 0.2) is 0 Å². The first-order valence-electron chi connectivity index (χ1n) is 8.27. The number of amides is 1. The van der Waals surface area contributed by atoms with Crippen LogP contribution in [0.4, 0.5) is 0 Å². The SMILES string of the molecule is CCC1CN(C(=O)C(C)C2CCCC(N)C2)CCN1C. The van der Waals surface area contributed by atoms with E-state index < -0.39 is 0 Å². The van der Waals surface area contributed by atoms with Gasteiger partial charge in [-0.25, -0.2) is 0 Å². The normalized spacial score (nSPS) is 34.0. The quantitative estimate of drug-likeness (QED) is 0.856. The van der Waals surface area contributed by atoms with Gasteiger partial charge in [0.15, 0.2) is 0 Å². The molecule has 4 nitrogen and oxygen atoms in total. The Morgan fingerprint density at radius 2 is 2.10 bits per heavy atom. The Morgan fingerprint density at radius 3 is 2.75 bits per heavy atom. The number of hydrogen-bond acceptors (Lipinski definition) is 3. The third-order valence-corrected chi connectivity index (χ3v) is 5.41. The number of carbonyl (C=O) groups is 1. The predicted molar refractivity (Wildman–Crippen MR) is 82.4 cm³/mol. The number of nitrogens with zero attached hydrogens (tertiary/aromatic N) is 2. The fraction of sp³-hybridized carbons (Fsp3) is 0.938. The van der Waals surface area contributed by atoms with E-state index in [1.807, 2.05) is 0 Å². The second-order valence-electron chi connectivity index (χ2n) is 6.80. The van der Waals surface area contributed by atoms with Crippen LogP contribution >= 0.6 is 0 Å². The highest BCUT2D eigenvalue weighted by molar-refractivity contribution is 5.79. The second kappa shape index (κ2) is 6.90. The summed E-state index contributed by atoms with van der Waals surface area (Å²) in [5, 5.41) is 0. The molecule has 0 aromatic rings. The molecule has 1 aliphatic heterocycles. The molecule has 2 rings (SSSR count). The van der Waals surface area contributed by atoms with Gasteiger partial charge in [0.25, 0.3) is 0 Å². The molecule has 1 saturated carbocycles. The predicted octanol–water partition coefficient (Wildman–Crippen LogP) is 1.69. The van der Waals surface area contributed by atoms with E-state index in [1.54, 1.807) is 0 Å². The minimum absolute atomic E-state index is 0.141. The monoisotopic (exact) mass is 281 g/mol. The molecule has 0 aromatic carbocycles. The van der Waals surface area contributed by atoms with Crippen molar-refractivity contribution in [3.05, 3.63) is 0 Å². The summed E-state index contributed by atoms with van der Waals surface area (Å²) < 4.78 is 0. The molecule has 0 bridgehead atoms. The van der Waals surface area contributed by atoms with Crippen molar-refractivity contribution in [2.75, 3.05) is 26.7 Å². The lowest BCUT2D eigenvalue weighted by Crippen LogP contribution is -2.54. The van der Waals surface area contributed by atoms with Gasteiger partial charge in [0.1, 0.15) is 0 Å². The second-order valence-corrected chi connectivity index (χ2v) is 6.80. The molecule has 1 heterocycles. The molecule has 1 saturated heterocycles. The first kappa shape index (κ1) is 15.8. The van der Waals surface area contributed by atoms with E-state index in [9.17, 15) is 4.79 Å². The number of nitrogens with two attached hydrogens (primary N) is 1. The number of likely N-dealkylation sites (N-methyl/N-ethyl adjacent to an activating group) is 1. The Balaban J connectivity index is 1.92. The smallest absolute Gasteiger partial charge is 0.225 e. The number of carbonyl (C=O) groups excluding carboxylic acids is 1. The number of rotatable bonds is 3. The van der Waals surface area contributed by atoms with Gasteiger partial charge < -0.3 is 10.6 Å². The summed E-state index contributed by atoms with van der Waals surface area (Å²) in [7, 11) is 2.17. The molecular formula is C16H31N3O. The van der Waals surface area contributed by atoms with Gasteiger partial charge in [-0.15, -0.1) is 0 Å².